The van der Waals surface area contributed by atoms with E-state index in [-0.39, 0.29) is 30.3 Å². The van der Waals surface area contributed by atoms with Gasteiger partial charge in [-0.15, -0.1) is 0 Å². The molecule has 2 aliphatic carbocycles. The zero-order valence-corrected chi connectivity index (χ0v) is 16.5. The largest absolute Gasteiger partial charge is 0.384 e. The van der Waals surface area contributed by atoms with Crippen LogP contribution < -0.4 is 16.4 Å². The number of nitrogens with one attached hydrogen (secondary N) is 2. The molecule has 7 heteroatoms. The molecule has 28 heavy (non-hydrogen) atoms. The summed E-state index contributed by atoms with van der Waals surface area (Å²) < 4.78 is 0. The average Bonchev–Trinajstić information content (AvgIpc) is 2.68. The van der Waals surface area contributed by atoms with Crippen molar-refractivity contribution < 1.29 is 14.4 Å². The highest BCUT2D eigenvalue weighted by atomic mass is 16.6. The number of benzene rings is 1. The Labute approximate surface area is 166 Å². The van der Waals surface area contributed by atoms with E-state index in [4.69, 9.17) is 10.6 Å². The molecule has 0 bridgehead atoms. The first kappa shape index (κ1) is 20.2. The Morgan fingerprint density at radius 1 is 1.21 bits per heavy atom. The molecule has 0 heterocycles. The van der Waals surface area contributed by atoms with E-state index >= 15 is 0 Å². The molecule has 1 atom stereocenters. The molecular weight excluding hydrogens is 356 g/mol. The SMILES string of the molecule is CC(=O)NC1(/C(N)=N\OCC(=O)N[C@H]2CCCc3ccccc32)CCCCC1. The van der Waals surface area contributed by atoms with Gasteiger partial charge in [-0.1, -0.05) is 48.7 Å². The van der Waals surface area contributed by atoms with Crippen molar-refractivity contribution in [3.05, 3.63) is 35.4 Å². The zero-order valence-electron chi connectivity index (χ0n) is 16.5. The molecule has 0 unspecified atom stereocenters. The summed E-state index contributed by atoms with van der Waals surface area (Å²) in [5, 5.41) is 9.93. The van der Waals surface area contributed by atoms with Crippen LogP contribution in [0.4, 0.5) is 0 Å². The number of oxime groups is 1. The lowest BCUT2D eigenvalue weighted by atomic mass is 9.80. The highest BCUT2D eigenvalue weighted by Gasteiger charge is 2.37. The number of carbonyl (C=O) groups is 2. The van der Waals surface area contributed by atoms with Gasteiger partial charge in [0.1, 0.15) is 5.54 Å². The molecule has 0 aliphatic heterocycles. The summed E-state index contributed by atoms with van der Waals surface area (Å²) in [6.07, 6.45) is 7.53. The molecule has 1 saturated carbocycles. The molecule has 0 aromatic heterocycles. The molecule has 7 nitrogen and oxygen atoms in total. The molecule has 4 N–H and O–H groups in total. The fourth-order valence-electron chi connectivity index (χ4n) is 4.33. The van der Waals surface area contributed by atoms with Crippen LogP contribution in [0.5, 0.6) is 0 Å². The van der Waals surface area contributed by atoms with Gasteiger partial charge in [-0.2, -0.15) is 0 Å². The second kappa shape index (κ2) is 9.08. The standard InChI is InChI=1S/C21H30N4O3/c1-15(26)24-21(12-5-2-6-13-21)20(22)25-28-14-19(27)23-18-11-7-9-16-8-3-4-10-17(16)18/h3-4,8,10,18H,2,5-7,9,11-14H2,1H3,(H2,22,25)(H,23,27)(H,24,26)/t18-/m0/s1. The normalized spacial score (nSPS) is 21.3. The third kappa shape index (κ3) is 4.82. The first-order chi connectivity index (χ1) is 13.5. The number of nitrogens with two attached hydrogens (primary N) is 1. The first-order valence-electron chi connectivity index (χ1n) is 10.1. The van der Waals surface area contributed by atoms with Crippen LogP contribution in [0.3, 0.4) is 0 Å². The number of fused-ring (bicyclic) bond motifs is 1. The van der Waals surface area contributed by atoms with Crippen LogP contribution in [0.2, 0.25) is 0 Å². The molecule has 2 aliphatic rings. The molecule has 2 amide bonds. The summed E-state index contributed by atoms with van der Waals surface area (Å²) in [6, 6.07) is 8.21. The van der Waals surface area contributed by atoms with Gasteiger partial charge in [-0.05, 0) is 43.2 Å². The molecule has 1 aromatic carbocycles. The van der Waals surface area contributed by atoms with Crippen molar-refractivity contribution in [2.75, 3.05) is 6.61 Å². The van der Waals surface area contributed by atoms with Gasteiger partial charge in [-0.25, -0.2) is 0 Å². The van der Waals surface area contributed by atoms with Crippen LogP contribution in [-0.2, 0) is 20.8 Å². The lowest BCUT2D eigenvalue weighted by Crippen LogP contribution is -2.58. The Hall–Kier alpha value is -2.57. The van der Waals surface area contributed by atoms with Gasteiger partial charge in [-0.3, -0.25) is 9.59 Å². The third-order valence-electron chi connectivity index (χ3n) is 5.68. The lowest BCUT2D eigenvalue weighted by molar-refractivity contribution is -0.126. The Morgan fingerprint density at radius 3 is 2.71 bits per heavy atom. The van der Waals surface area contributed by atoms with Crippen LogP contribution in [0.25, 0.3) is 0 Å². The highest BCUT2D eigenvalue weighted by Crippen LogP contribution is 2.30. The molecule has 3 rings (SSSR count). The second-order valence-electron chi connectivity index (χ2n) is 7.79. The monoisotopic (exact) mass is 386 g/mol. The van der Waals surface area contributed by atoms with Crippen molar-refractivity contribution in [1.82, 2.24) is 10.6 Å². The van der Waals surface area contributed by atoms with E-state index in [1.807, 2.05) is 12.1 Å². The fraction of sp³-hybridized carbons (Fsp3) is 0.571. The van der Waals surface area contributed by atoms with E-state index in [0.717, 1.165) is 51.4 Å². The topological polar surface area (TPSA) is 106 Å². The molecule has 152 valence electrons. The molecule has 0 saturated heterocycles. The Balaban J connectivity index is 1.56. The minimum atomic E-state index is -0.664. The van der Waals surface area contributed by atoms with Crippen molar-refractivity contribution >= 4 is 17.6 Å². The number of amides is 2. The van der Waals surface area contributed by atoms with Crippen molar-refractivity contribution in [2.45, 2.75) is 69.9 Å². The summed E-state index contributed by atoms with van der Waals surface area (Å²) in [6.45, 7) is 1.27. The average molecular weight is 386 g/mol. The maximum Gasteiger partial charge on any atom is 0.261 e. The second-order valence-corrected chi connectivity index (χ2v) is 7.79. The van der Waals surface area contributed by atoms with Crippen molar-refractivity contribution in [1.29, 1.82) is 0 Å². The highest BCUT2D eigenvalue weighted by molar-refractivity contribution is 5.93. The molecule has 0 radical (unpaired) electrons. The predicted molar refractivity (Wildman–Crippen MR) is 107 cm³/mol. The summed E-state index contributed by atoms with van der Waals surface area (Å²) in [5.41, 5.74) is 7.95. The van der Waals surface area contributed by atoms with Gasteiger partial charge in [0.15, 0.2) is 12.4 Å². The van der Waals surface area contributed by atoms with E-state index < -0.39 is 5.54 Å². The summed E-state index contributed by atoms with van der Waals surface area (Å²) in [5.74, 6) is -0.137. The van der Waals surface area contributed by atoms with E-state index in [9.17, 15) is 9.59 Å². The van der Waals surface area contributed by atoms with Gasteiger partial charge in [0.2, 0.25) is 5.91 Å². The predicted octanol–water partition coefficient (Wildman–Crippen LogP) is 2.31. The minimum Gasteiger partial charge on any atom is -0.384 e. The van der Waals surface area contributed by atoms with Gasteiger partial charge in [0.25, 0.3) is 5.91 Å². The van der Waals surface area contributed by atoms with E-state index in [1.54, 1.807) is 0 Å². The maximum absolute atomic E-state index is 12.3. The van der Waals surface area contributed by atoms with Crippen LogP contribution in [0, 0.1) is 0 Å². The third-order valence-corrected chi connectivity index (χ3v) is 5.68. The van der Waals surface area contributed by atoms with Crippen LogP contribution in [0.1, 0.15) is 69.0 Å². The van der Waals surface area contributed by atoms with Gasteiger partial charge >= 0.3 is 0 Å². The number of amidine groups is 1. The Bertz CT molecular complexity index is 741. The number of hydrogen-bond donors (Lipinski definition) is 3. The van der Waals surface area contributed by atoms with Gasteiger partial charge < -0.3 is 21.2 Å². The van der Waals surface area contributed by atoms with Crippen molar-refractivity contribution in [2.24, 2.45) is 10.9 Å². The fourth-order valence-corrected chi connectivity index (χ4v) is 4.33. The number of hydrogen-bond acceptors (Lipinski definition) is 4. The quantitative estimate of drug-likeness (QED) is 0.396. The molecule has 1 fully saturated rings. The Morgan fingerprint density at radius 2 is 1.96 bits per heavy atom. The van der Waals surface area contributed by atoms with Crippen LogP contribution >= 0.6 is 0 Å². The zero-order chi connectivity index (χ0) is 20.0. The summed E-state index contributed by atoms with van der Waals surface area (Å²) >= 11 is 0. The van der Waals surface area contributed by atoms with E-state index in [2.05, 4.69) is 27.9 Å². The first-order valence-corrected chi connectivity index (χ1v) is 10.1. The Kier molecular flexibility index (Phi) is 6.54. The van der Waals surface area contributed by atoms with Crippen molar-refractivity contribution in [3.8, 4) is 0 Å². The van der Waals surface area contributed by atoms with E-state index in [0.29, 0.717) is 0 Å². The molecular formula is C21H30N4O3. The van der Waals surface area contributed by atoms with Gasteiger partial charge in [0, 0.05) is 6.92 Å². The van der Waals surface area contributed by atoms with Crippen LogP contribution in [0.15, 0.2) is 29.4 Å². The summed E-state index contributed by atoms with van der Waals surface area (Å²) in [4.78, 5) is 29.2. The molecule has 0 spiro atoms. The molecule has 1 aromatic rings. The van der Waals surface area contributed by atoms with Crippen molar-refractivity contribution in [3.63, 3.8) is 0 Å². The lowest BCUT2D eigenvalue weighted by Gasteiger charge is -2.36. The maximum atomic E-state index is 12.3. The number of nitrogens with zero attached hydrogens (tertiary/aromatic N) is 1. The van der Waals surface area contributed by atoms with E-state index in [1.165, 1.54) is 18.1 Å². The van der Waals surface area contributed by atoms with Crippen LogP contribution in [-0.4, -0.2) is 29.8 Å². The number of rotatable bonds is 6. The number of aryl methyl sites for hydroxylation is 1. The minimum absolute atomic E-state index is 0.00597. The number of carbonyl (C=O) groups excluding carboxylic acids is 2. The smallest absolute Gasteiger partial charge is 0.261 e. The summed E-state index contributed by atoms with van der Waals surface area (Å²) in [7, 11) is 0. The van der Waals surface area contributed by atoms with Gasteiger partial charge in [0.05, 0.1) is 6.04 Å².